The Morgan fingerprint density at radius 2 is 1.78 bits per heavy atom. The number of piperazine rings is 1. The standard InChI is InChI=1S/C31H31ClFN5O3/c1-30(2,3)41-29(40)37-14-12-36(13-15-37)26-11-9-22(27(33)35-26)19-7-10-25-23(16-19)31(4,5)28(39)38(25)21-8-6-20(18-34)24(32)17-21/h6-11,16-17H,12-15H2,1-5H3. The number of halogens is 2. The maximum atomic E-state index is 15.4. The first kappa shape index (κ1) is 28.4. The van der Waals surface area contributed by atoms with Crippen molar-refractivity contribution in [1.29, 1.82) is 5.26 Å². The van der Waals surface area contributed by atoms with Crippen LogP contribution in [0.2, 0.25) is 5.02 Å². The molecule has 1 saturated heterocycles. The molecule has 0 saturated carbocycles. The third kappa shape index (κ3) is 5.32. The van der Waals surface area contributed by atoms with Gasteiger partial charge in [-0.05, 0) is 88.2 Å². The molecule has 0 radical (unpaired) electrons. The molecule has 3 heterocycles. The molecule has 8 nitrogen and oxygen atoms in total. The van der Waals surface area contributed by atoms with E-state index in [2.05, 4.69) is 4.98 Å². The van der Waals surface area contributed by atoms with Crippen LogP contribution in [0, 0.1) is 17.3 Å². The molecular formula is C31H31ClFN5O3. The smallest absolute Gasteiger partial charge is 0.410 e. The number of amides is 2. The van der Waals surface area contributed by atoms with Crippen LogP contribution in [0.5, 0.6) is 0 Å². The second-order valence-corrected chi connectivity index (χ2v) is 12.1. The van der Waals surface area contributed by atoms with Crippen molar-refractivity contribution in [1.82, 2.24) is 9.88 Å². The van der Waals surface area contributed by atoms with Gasteiger partial charge in [-0.3, -0.25) is 9.69 Å². The first-order valence-electron chi connectivity index (χ1n) is 13.4. The van der Waals surface area contributed by atoms with E-state index in [-0.39, 0.29) is 17.0 Å². The summed E-state index contributed by atoms with van der Waals surface area (Å²) in [5, 5.41) is 9.48. The summed E-state index contributed by atoms with van der Waals surface area (Å²) in [7, 11) is 0. The van der Waals surface area contributed by atoms with Gasteiger partial charge in [0.05, 0.1) is 27.4 Å². The van der Waals surface area contributed by atoms with E-state index in [1.165, 1.54) is 0 Å². The van der Waals surface area contributed by atoms with Crippen LogP contribution in [0.4, 0.5) is 26.4 Å². The average Bonchev–Trinajstić information content (AvgIpc) is 3.12. The number of aromatic nitrogens is 1. The first-order valence-corrected chi connectivity index (χ1v) is 13.8. The number of fused-ring (bicyclic) bond motifs is 1. The quantitative estimate of drug-likeness (QED) is 0.335. The van der Waals surface area contributed by atoms with Crippen LogP contribution in [0.15, 0.2) is 48.5 Å². The van der Waals surface area contributed by atoms with Crippen LogP contribution in [0.25, 0.3) is 11.1 Å². The summed E-state index contributed by atoms with van der Waals surface area (Å²) in [6.45, 7) is 11.1. The molecule has 0 atom stereocenters. The fourth-order valence-electron chi connectivity index (χ4n) is 5.15. The summed E-state index contributed by atoms with van der Waals surface area (Å²) in [6.07, 6.45) is -0.356. The molecule has 0 bridgehead atoms. The second kappa shape index (κ2) is 10.3. The van der Waals surface area contributed by atoms with Crippen molar-refractivity contribution in [2.45, 2.75) is 45.6 Å². The van der Waals surface area contributed by atoms with Crippen LogP contribution in [0.1, 0.15) is 45.7 Å². The van der Waals surface area contributed by atoms with Gasteiger partial charge in [0.25, 0.3) is 0 Å². The van der Waals surface area contributed by atoms with Crippen molar-refractivity contribution in [3.8, 4) is 17.2 Å². The lowest BCUT2D eigenvalue weighted by molar-refractivity contribution is -0.121. The minimum atomic E-state index is -0.872. The summed E-state index contributed by atoms with van der Waals surface area (Å²) in [5.41, 5.74) is 1.81. The molecule has 212 valence electrons. The van der Waals surface area contributed by atoms with Gasteiger partial charge in [-0.2, -0.15) is 9.65 Å². The number of hydrogen-bond donors (Lipinski definition) is 0. The number of carbonyl (C=O) groups is 2. The number of hydrogen-bond acceptors (Lipinski definition) is 6. The van der Waals surface area contributed by atoms with E-state index in [0.717, 1.165) is 5.56 Å². The van der Waals surface area contributed by atoms with E-state index in [9.17, 15) is 14.9 Å². The van der Waals surface area contributed by atoms with Crippen molar-refractivity contribution < 1.29 is 18.7 Å². The zero-order valence-corrected chi connectivity index (χ0v) is 24.4. The van der Waals surface area contributed by atoms with E-state index in [0.29, 0.717) is 60.1 Å². The topological polar surface area (TPSA) is 89.8 Å². The summed E-state index contributed by atoms with van der Waals surface area (Å²) >= 11 is 6.25. The van der Waals surface area contributed by atoms with Crippen molar-refractivity contribution in [2.24, 2.45) is 0 Å². The number of benzene rings is 2. The van der Waals surface area contributed by atoms with Crippen molar-refractivity contribution in [3.05, 3.63) is 70.6 Å². The second-order valence-electron chi connectivity index (χ2n) is 11.7. The number of rotatable bonds is 3. The molecule has 5 rings (SSSR count). The highest BCUT2D eigenvalue weighted by Crippen LogP contribution is 2.47. The fraction of sp³-hybridized carbons (Fsp3) is 0.355. The average molecular weight is 576 g/mol. The van der Waals surface area contributed by atoms with Crippen molar-refractivity contribution >= 4 is 40.8 Å². The van der Waals surface area contributed by atoms with Gasteiger partial charge in [-0.1, -0.05) is 17.7 Å². The molecular weight excluding hydrogens is 545 g/mol. The molecule has 2 amide bonds. The molecule has 1 aromatic heterocycles. The highest BCUT2D eigenvalue weighted by molar-refractivity contribution is 6.32. The predicted octanol–water partition coefficient (Wildman–Crippen LogP) is 6.43. The fourth-order valence-corrected chi connectivity index (χ4v) is 5.37. The van der Waals surface area contributed by atoms with Crippen molar-refractivity contribution in [2.75, 3.05) is 36.0 Å². The van der Waals surface area contributed by atoms with Crippen LogP contribution in [0.3, 0.4) is 0 Å². The molecule has 10 heteroatoms. The Labute approximate surface area is 243 Å². The Balaban J connectivity index is 1.38. The number of pyridine rings is 1. The van der Waals surface area contributed by atoms with Gasteiger partial charge in [0.1, 0.15) is 17.5 Å². The largest absolute Gasteiger partial charge is 0.444 e. The molecule has 2 aliphatic heterocycles. The molecule has 0 unspecified atom stereocenters. The van der Waals surface area contributed by atoms with E-state index < -0.39 is 17.0 Å². The Hall–Kier alpha value is -4.16. The molecule has 0 aliphatic carbocycles. The van der Waals surface area contributed by atoms with Gasteiger partial charge in [-0.15, -0.1) is 0 Å². The van der Waals surface area contributed by atoms with E-state index in [4.69, 9.17) is 16.3 Å². The van der Waals surface area contributed by atoms with E-state index in [1.54, 1.807) is 52.3 Å². The van der Waals surface area contributed by atoms with Crippen LogP contribution < -0.4 is 9.80 Å². The lowest BCUT2D eigenvalue weighted by atomic mass is 9.85. The molecule has 0 N–H and O–H groups in total. The Bertz CT molecular complexity index is 1590. The van der Waals surface area contributed by atoms with Gasteiger partial charge >= 0.3 is 6.09 Å². The first-order chi connectivity index (χ1) is 19.3. The van der Waals surface area contributed by atoms with Gasteiger partial charge in [0.2, 0.25) is 11.9 Å². The Morgan fingerprint density at radius 3 is 2.39 bits per heavy atom. The number of anilines is 3. The SMILES string of the molecule is CC(C)(C)OC(=O)N1CCN(c2ccc(-c3ccc4c(c3)C(C)(C)C(=O)N4c3ccc(C#N)c(Cl)c3)c(F)n2)CC1. The highest BCUT2D eigenvalue weighted by Gasteiger charge is 2.45. The van der Waals surface area contributed by atoms with E-state index in [1.807, 2.05) is 51.7 Å². The lowest BCUT2D eigenvalue weighted by Crippen LogP contribution is -2.50. The third-order valence-corrected chi connectivity index (χ3v) is 7.69. The van der Waals surface area contributed by atoms with Crippen LogP contribution in [-0.2, 0) is 14.9 Å². The highest BCUT2D eigenvalue weighted by atomic mass is 35.5. The summed E-state index contributed by atoms with van der Waals surface area (Å²) in [5.74, 6) is -0.268. The summed E-state index contributed by atoms with van der Waals surface area (Å²) in [6, 6.07) is 15.8. The van der Waals surface area contributed by atoms with Crippen LogP contribution in [-0.4, -0.2) is 53.7 Å². The number of nitrogens with zero attached hydrogens (tertiary/aromatic N) is 5. The predicted molar refractivity (Wildman–Crippen MR) is 156 cm³/mol. The number of carbonyl (C=O) groups excluding carboxylic acids is 2. The maximum Gasteiger partial charge on any atom is 0.410 e. The molecule has 2 aliphatic rings. The third-order valence-electron chi connectivity index (χ3n) is 7.38. The van der Waals surface area contributed by atoms with Gasteiger partial charge in [0, 0.05) is 31.7 Å². The molecule has 1 fully saturated rings. The summed E-state index contributed by atoms with van der Waals surface area (Å²) < 4.78 is 20.9. The monoisotopic (exact) mass is 575 g/mol. The Kier molecular flexibility index (Phi) is 7.16. The molecule has 2 aromatic carbocycles. The van der Waals surface area contributed by atoms with Gasteiger partial charge in [-0.25, -0.2) is 9.78 Å². The normalized spacial score (nSPS) is 16.4. The minimum Gasteiger partial charge on any atom is -0.444 e. The molecule has 41 heavy (non-hydrogen) atoms. The van der Waals surface area contributed by atoms with Crippen molar-refractivity contribution in [3.63, 3.8) is 0 Å². The Morgan fingerprint density at radius 1 is 1.07 bits per heavy atom. The molecule has 0 spiro atoms. The summed E-state index contributed by atoms with van der Waals surface area (Å²) in [4.78, 5) is 35.3. The number of nitriles is 1. The van der Waals surface area contributed by atoms with Gasteiger partial charge in [0.15, 0.2) is 0 Å². The minimum absolute atomic E-state index is 0.148. The van der Waals surface area contributed by atoms with Gasteiger partial charge < -0.3 is 14.5 Å². The lowest BCUT2D eigenvalue weighted by Gasteiger charge is -2.36. The molecule has 3 aromatic rings. The van der Waals surface area contributed by atoms with E-state index >= 15 is 4.39 Å². The number of ether oxygens (including phenoxy) is 1. The maximum absolute atomic E-state index is 15.4. The zero-order valence-electron chi connectivity index (χ0n) is 23.7. The zero-order chi connectivity index (χ0) is 29.7. The van der Waals surface area contributed by atoms with Crippen LogP contribution >= 0.6 is 11.6 Å².